The lowest BCUT2D eigenvalue weighted by Crippen LogP contribution is -2.22. The van der Waals surface area contributed by atoms with Crippen molar-refractivity contribution in [2.75, 3.05) is 0 Å². The summed E-state index contributed by atoms with van der Waals surface area (Å²) in [5.74, 6) is -0.296. The lowest BCUT2D eigenvalue weighted by molar-refractivity contribution is -0.121. The molecule has 0 fully saturated rings. The number of carbonyl (C=O) groups is 1. The minimum Gasteiger partial charge on any atom is -0.352 e. The zero-order valence-corrected chi connectivity index (χ0v) is 16.0. The minimum atomic E-state index is -0.276. The maximum absolute atomic E-state index is 12.9. The van der Waals surface area contributed by atoms with Gasteiger partial charge in [-0.1, -0.05) is 60.7 Å². The zero-order valence-electron chi connectivity index (χ0n) is 16.0. The average Bonchev–Trinajstić information content (AvgIpc) is 3.13. The largest absolute Gasteiger partial charge is 0.352 e. The fraction of sp³-hybridized carbons (Fsp3) is 0.167. The number of aryl methyl sites for hydroxylation is 1. The molecule has 4 rings (SSSR count). The fourth-order valence-electron chi connectivity index (χ4n) is 3.39. The monoisotopic (exact) mass is 387 g/mol. The lowest BCUT2D eigenvalue weighted by Gasteiger charge is -2.06. The van der Waals surface area contributed by atoms with Gasteiger partial charge in [0.25, 0.3) is 0 Å². The average molecular weight is 387 g/mol. The van der Waals surface area contributed by atoms with Crippen LogP contribution < -0.4 is 5.32 Å². The van der Waals surface area contributed by atoms with Crippen molar-refractivity contribution in [1.82, 2.24) is 15.1 Å². The third-order valence-electron chi connectivity index (χ3n) is 4.88. The number of fused-ring (bicyclic) bond motifs is 1. The van der Waals surface area contributed by atoms with Crippen molar-refractivity contribution in [2.24, 2.45) is 0 Å². The van der Waals surface area contributed by atoms with Crippen LogP contribution in [0.3, 0.4) is 0 Å². The van der Waals surface area contributed by atoms with Crippen LogP contribution in [0, 0.1) is 5.82 Å². The number of carbonyl (C=O) groups excluding carboxylic acids is 1. The normalized spacial score (nSPS) is 10.9. The van der Waals surface area contributed by atoms with Crippen LogP contribution in [0.25, 0.3) is 22.2 Å². The van der Waals surface area contributed by atoms with Crippen molar-refractivity contribution in [3.63, 3.8) is 0 Å². The Labute approximate surface area is 169 Å². The Morgan fingerprint density at radius 2 is 1.66 bits per heavy atom. The van der Waals surface area contributed by atoms with Crippen molar-refractivity contribution in [2.45, 2.75) is 25.9 Å². The molecular formula is C24H22FN3O. The summed E-state index contributed by atoms with van der Waals surface area (Å²) in [5.41, 5.74) is 3.99. The van der Waals surface area contributed by atoms with E-state index in [-0.39, 0.29) is 11.7 Å². The molecule has 1 N–H and O–H groups in total. The van der Waals surface area contributed by atoms with E-state index in [4.69, 9.17) is 5.10 Å². The number of rotatable bonds is 7. The van der Waals surface area contributed by atoms with E-state index in [1.807, 2.05) is 35.0 Å². The Bertz CT molecular complexity index is 1100. The molecule has 3 aromatic carbocycles. The second kappa shape index (κ2) is 8.69. The van der Waals surface area contributed by atoms with E-state index in [0.29, 0.717) is 25.9 Å². The molecule has 4 aromatic rings. The first-order chi connectivity index (χ1) is 14.2. The minimum absolute atomic E-state index is 0.0194. The van der Waals surface area contributed by atoms with Crippen LogP contribution in [-0.4, -0.2) is 15.7 Å². The third-order valence-corrected chi connectivity index (χ3v) is 4.88. The Morgan fingerprint density at radius 1 is 0.931 bits per heavy atom. The number of amides is 1. The van der Waals surface area contributed by atoms with Crippen molar-refractivity contribution in [1.29, 1.82) is 0 Å². The van der Waals surface area contributed by atoms with Gasteiger partial charge in [-0.25, -0.2) is 4.39 Å². The molecule has 5 heteroatoms. The molecule has 1 aromatic heterocycles. The van der Waals surface area contributed by atoms with Crippen molar-refractivity contribution < 1.29 is 9.18 Å². The Balaban J connectivity index is 1.38. The molecule has 0 radical (unpaired) electrons. The van der Waals surface area contributed by atoms with Crippen LogP contribution in [0.4, 0.5) is 4.39 Å². The number of nitrogens with zero attached hydrogens (tertiary/aromatic N) is 2. The molecule has 0 bridgehead atoms. The Morgan fingerprint density at radius 3 is 2.45 bits per heavy atom. The lowest BCUT2D eigenvalue weighted by atomic mass is 10.1. The summed E-state index contributed by atoms with van der Waals surface area (Å²) in [7, 11) is 0. The molecule has 4 nitrogen and oxygen atoms in total. The maximum atomic E-state index is 12.9. The number of para-hydroxylation sites is 1. The van der Waals surface area contributed by atoms with Crippen molar-refractivity contribution >= 4 is 16.8 Å². The predicted molar refractivity (Wildman–Crippen MR) is 113 cm³/mol. The highest BCUT2D eigenvalue weighted by Gasteiger charge is 2.12. The highest BCUT2D eigenvalue weighted by Crippen LogP contribution is 2.27. The van der Waals surface area contributed by atoms with E-state index < -0.39 is 0 Å². The molecule has 0 atom stereocenters. The molecule has 0 saturated heterocycles. The SMILES string of the molecule is O=C(CCCn1nc(-c2ccccc2)c2ccccc21)NCc1ccc(F)cc1. The fourth-order valence-corrected chi connectivity index (χ4v) is 3.39. The van der Waals surface area contributed by atoms with Gasteiger partial charge in [-0.3, -0.25) is 9.48 Å². The first-order valence-corrected chi connectivity index (χ1v) is 9.73. The number of benzene rings is 3. The summed E-state index contributed by atoms with van der Waals surface area (Å²) < 4.78 is 14.9. The maximum Gasteiger partial charge on any atom is 0.220 e. The van der Waals surface area contributed by atoms with E-state index in [9.17, 15) is 9.18 Å². The predicted octanol–water partition coefficient (Wildman–Crippen LogP) is 4.94. The van der Waals surface area contributed by atoms with Crippen LogP contribution in [0.15, 0.2) is 78.9 Å². The van der Waals surface area contributed by atoms with Crippen LogP contribution in [0.5, 0.6) is 0 Å². The summed E-state index contributed by atoms with van der Waals surface area (Å²) in [6.45, 7) is 1.07. The molecule has 0 unspecified atom stereocenters. The van der Waals surface area contributed by atoms with Gasteiger partial charge in [0, 0.05) is 30.5 Å². The molecule has 29 heavy (non-hydrogen) atoms. The number of aromatic nitrogens is 2. The molecule has 0 aliphatic rings. The third kappa shape index (κ3) is 4.51. The molecule has 1 amide bonds. The van der Waals surface area contributed by atoms with Gasteiger partial charge in [-0.15, -0.1) is 0 Å². The first kappa shape index (κ1) is 18.9. The highest BCUT2D eigenvalue weighted by atomic mass is 19.1. The number of hydrogen-bond acceptors (Lipinski definition) is 2. The molecule has 0 aliphatic heterocycles. The van der Waals surface area contributed by atoms with Crippen LogP contribution in [-0.2, 0) is 17.9 Å². The molecule has 0 spiro atoms. The number of nitrogens with one attached hydrogen (secondary N) is 1. The molecule has 146 valence electrons. The number of halogens is 1. The standard InChI is InChI=1S/C24H22FN3O/c25-20-14-12-18(13-15-20)17-26-23(29)11-6-16-28-22-10-5-4-9-21(22)24(27-28)19-7-2-1-3-8-19/h1-5,7-10,12-15H,6,11,16-17H2,(H,26,29). The summed E-state index contributed by atoms with van der Waals surface area (Å²) in [6.07, 6.45) is 1.10. The van der Waals surface area contributed by atoms with E-state index >= 15 is 0 Å². The van der Waals surface area contributed by atoms with Gasteiger partial charge in [-0.05, 0) is 30.2 Å². The second-order valence-electron chi connectivity index (χ2n) is 6.96. The second-order valence-corrected chi connectivity index (χ2v) is 6.96. The summed E-state index contributed by atoms with van der Waals surface area (Å²) >= 11 is 0. The summed E-state index contributed by atoms with van der Waals surface area (Å²) in [6, 6.07) is 24.4. The quantitative estimate of drug-likeness (QED) is 0.488. The number of hydrogen-bond donors (Lipinski definition) is 1. The van der Waals surface area contributed by atoms with Gasteiger partial charge in [0.15, 0.2) is 0 Å². The van der Waals surface area contributed by atoms with Gasteiger partial charge < -0.3 is 5.32 Å². The molecular weight excluding hydrogens is 365 g/mol. The molecule has 1 heterocycles. The Kier molecular flexibility index (Phi) is 5.66. The highest BCUT2D eigenvalue weighted by molar-refractivity contribution is 5.93. The summed E-state index contributed by atoms with van der Waals surface area (Å²) in [5, 5.41) is 8.80. The zero-order chi connectivity index (χ0) is 20.1. The van der Waals surface area contributed by atoms with Crippen LogP contribution in [0.2, 0.25) is 0 Å². The van der Waals surface area contributed by atoms with E-state index in [1.54, 1.807) is 12.1 Å². The van der Waals surface area contributed by atoms with Gasteiger partial charge >= 0.3 is 0 Å². The molecule has 0 aliphatic carbocycles. The Hall–Kier alpha value is -3.47. The van der Waals surface area contributed by atoms with Gasteiger partial charge in [0.2, 0.25) is 5.91 Å². The van der Waals surface area contributed by atoms with Crippen LogP contribution in [0.1, 0.15) is 18.4 Å². The smallest absolute Gasteiger partial charge is 0.220 e. The van der Waals surface area contributed by atoms with E-state index in [2.05, 4.69) is 29.6 Å². The van der Waals surface area contributed by atoms with Gasteiger partial charge in [0.1, 0.15) is 11.5 Å². The van der Waals surface area contributed by atoms with E-state index in [0.717, 1.165) is 27.7 Å². The summed E-state index contributed by atoms with van der Waals surface area (Å²) in [4.78, 5) is 12.1. The van der Waals surface area contributed by atoms with Crippen molar-refractivity contribution in [3.05, 3.63) is 90.2 Å². The first-order valence-electron chi connectivity index (χ1n) is 9.73. The van der Waals surface area contributed by atoms with Crippen LogP contribution >= 0.6 is 0 Å². The van der Waals surface area contributed by atoms with Gasteiger partial charge in [0.05, 0.1) is 5.52 Å². The molecule has 0 saturated carbocycles. The van der Waals surface area contributed by atoms with Crippen molar-refractivity contribution in [3.8, 4) is 11.3 Å². The van der Waals surface area contributed by atoms with Gasteiger partial charge in [-0.2, -0.15) is 5.10 Å². The van der Waals surface area contributed by atoms with E-state index in [1.165, 1.54) is 12.1 Å². The topological polar surface area (TPSA) is 46.9 Å².